The Bertz CT molecular complexity index is 971. The van der Waals surface area contributed by atoms with Crippen LogP contribution in [0.15, 0.2) is 60.7 Å². The van der Waals surface area contributed by atoms with Gasteiger partial charge in [-0.1, -0.05) is 73.8 Å². The van der Waals surface area contributed by atoms with Gasteiger partial charge in [-0.25, -0.2) is 0 Å². The zero-order valence-corrected chi connectivity index (χ0v) is 14.0. The van der Waals surface area contributed by atoms with Gasteiger partial charge in [0.05, 0.1) is 0 Å². The number of benzene rings is 3. The van der Waals surface area contributed by atoms with Gasteiger partial charge in [0.15, 0.2) is 0 Å². The Balaban J connectivity index is 1.84. The van der Waals surface area contributed by atoms with Crippen LogP contribution in [-0.2, 0) is 6.42 Å². The van der Waals surface area contributed by atoms with Crippen LogP contribution < -0.4 is 5.19 Å². The van der Waals surface area contributed by atoms with Crippen molar-refractivity contribution in [1.82, 2.24) is 0 Å². The highest BCUT2D eigenvalue weighted by Crippen LogP contribution is 2.49. The third kappa shape index (κ3) is 1.37. The standard InChI is InChI=1S/C21H18Si/c1-22(2)19-12-6-9-15-13-18(21(22)20(15)19)17-11-5-8-14-7-3-4-10-16(14)17/h3-12H,13H2,1-2H3. The maximum absolute atomic E-state index is 2.50. The summed E-state index contributed by atoms with van der Waals surface area (Å²) in [6.07, 6.45) is 1.11. The lowest BCUT2D eigenvalue weighted by atomic mass is 9.97. The summed E-state index contributed by atoms with van der Waals surface area (Å²) >= 11 is 0. The Labute approximate surface area is 132 Å². The third-order valence-electron chi connectivity index (χ3n) is 5.48. The first-order valence-electron chi connectivity index (χ1n) is 8.02. The third-order valence-corrected chi connectivity index (χ3v) is 9.05. The molecule has 22 heavy (non-hydrogen) atoms. The Morgan fingerprint density at radius 1 is 0.818 bits per heavy atom. The first kappa shape index (κ1) is 12.4. The molecule has 2 aliphatic rings. The van der Waals surface area contributed by atoms with E-state index in [9.17, 15) is 0 Å². The Kier molecular flexibility index (Phi) is 2.25. The maximum Gasteiger partial charge on any atom is 0.114 e. The summed E-state index contributed by atoms with van der Waals surface area (Å²) in [7, 11) is -1.40. The van der Waals surface area contributed by atoms with E-state index >= 15 is 0 Å². The van der Waals surface area contributed by atoms with Crippen molar-refractivity contribution >= 4 is 34.8 Å². The number of rotatable bonds is 1. The minimum atomic E-state index is -1.40. The van der Waals surface area contributed by atoms with Crippen LogP contribution in [0, 0.1) is 0 Å². The van der Waals surface area contributed by atoms with Crippen molar-refractivity contribution in [3.63, 3.8) is 0 Å². The molecule has 0 saturated heterocycles. The lowest BCUT2D eigenvalue weighted by molar-refractivity contribution is 1.33. The van der Waals surface area contributed by atoms with Crippen LogP contribution in [0.2, 0.25) is 13.1 Å². The van der Waals surface area contributed by atoms with E-state index in [1.165, 1.54) is 16.3 Å². The zero-order valence-electron chi connectivity index (χ0n) is 13.0. The molecule has 0 nitrogen and oxygen atoms in total. The molecular formula is C21H18Si. The molecule has 3 aromatic carbocycles. The fourth-order valence-corrected chi connectivity index (χ4v) is 7.88. The normalized spacial score (nSPS) is 17.5. The van der Waals surface area contributed by atoms with Crippen LogP contribution in [0.1, 0.15) is 16.7 Å². The molecule has 0 aromatic heterocycles. The van der Waals surface area contributed by atoms with E-state index in [2.05, 4.69) is 73.8 Å². The number of fused-ring (bicyclic) bond motifs is 1. The zero-order chi connectivity index (χ0) is 14.9. The van der Waals surface area contributed by atoms with Crippen molar-refractivity contribution < 1.29 is 0 Å². The van der Waals surface area contributed by atoms with Gasteiger partial charge in [0.2, 0.25) is 0 Å². The second-order valence-corrected chi connectivity index (χ2v) is 11.3. The molecule has 0 unspecified atom stereocenters. The predicted molar refractivity (Wildman–Crippen MR) is 98.0 cm³/mol. The summed E-state index contributed by atoms with van der Waals surface area (Å²) in [5.41, 5.74) is 6.20. The molecular weight excluding hydrogens is 280 g/mol. The smallest absolute Gasteiger partial charge is 0.0620 e. The molecule has 0 radical (unpaired) electrons. The van der Waals surface area contributed by atoms with E-state index < -0.39 is 8.07 Å². The first-order valence-corrected chi connectivity index (χ1v) is 11.0. The van der Waals surface area contributed by atoms with E-state index in [-0.39, 0.29) is 0 Å². The van der Waals surface area contributed by atoms with Crippen LogP contribution in [0.5, 0.6) is 0 Å². The minimum absolute atomic E-state index is 1.11. The molecule has 1 aliphatic carbocycles. The first-order chi connectivity index (χ1) is 10.7. The minimum Gasteiger partial charge on any atom is -0.0620 e. The second kappa shape index (κ2) is 3.99. The summed E-state index contributed by atoms with van der Waals surface area (Å²) in [4.78, 5) is 0. The van der Waals surface area contributed by atoms with Gasteiger partial charge in [0.25, 0.3) is 0 Å². The Morgan fingerprint density at radius 3 is 2.50 bits per heavy atom. The van der Waals surface area contributed by atoms with Gasteiger partial charge in [-0.2, -0.15) is 0 Å². The van der Waals surface area contributed by atoms with Crippen LogP contribution >= 0.6 is 0 Å². The van der Waals surface area contributed by atoms with Crippen LogP contribution in [0.25, 0.3) is 21.5 Å². The van der Waals surface area contributed by atoms with E-state index in [1.54, 1.807) is 27.1 Å². The summed E-state index contributed by atoms with van der Waals surface area (Å²) in [6, 6.07) is 22.5. The van der Waals surface area contributed by atoms with Gasteiger partial charge in [0.1, 0.15) is 8.07 Å². The molecule has 0 bridgehead atoms. The van der Waals surface area contributed by atoms with Crippen molar-refractivity contribution in [1.29, 1.82) is 0 Å². The summed E-state index contributed by atoms with van der Waals surface area (Å²) < 4.78 is 0. The molecule has 0 fully saturated rings. The molecule has 1 heteroatoms. The van der Waals surface area contributed by atoms with Crippen LogP contribution in [0.3, 0.4) is 0 Å². The lowest BCUT2D eigenvalue weighted by Crippen LogP contribution is -2.54. The monoisotopic (exact) mass is 298 g/mol. The van der Waals surface area contributed by atoms with Crippen molar-refractivity contribution in [2.75, 3.05) is 0 Å². The summed E-state index contributed by atoms with van der Waals surface area (Å²) in [6.45, 7) is 5.01. The number of hydrogen-bond donors (Lipinski definition) is 0. The molecule has 0 spiro atoms. The molecule has 1 aliphatic heterocycles. The molecule has 0 saturated carbocycles. The average Bonchev–Trinajstić information content (AvgIpc) is 2.93. The molecule has 1 heterocycles. The fourth-order valence-electron chi connectivity index (χ4n) is 4.47. The summed E-state index contributed by atoms with van der Waals surface area (Å²) in [5, 5.41) is 6.13. The van der Waals surface area contributed by atoms with E-state index in [4.69, 9.17) is 0 Å². The quantitative estimate of drug-likeness (QED) is 0.567. The number of allylic oxidation sites excluding steroid dienone is 1. The second-order valence-electron chi connectivity index (χ2n) is 7.02. The topological polar surface area (TPSA) is 0 Å². The van der Waals surface area contributed by atoms with Crippen LogP contribution in [-0.4, -0.2) is 8.07 Å². The largest absolute Gasteiger partial charge is 0.114 e. The van der Waals surface area contributed by atoms with Gasteiger partial charge >= 0.3 is 0 Å². The highest BCUT2D eigenvalue weighted by atomic mass is 28.3. The van der Waals surface area contributed by atoms with Crippen molar-refractivity contribution in [3.8, 4) is 0 Å². The molecule has 5 rings (SSSR count). The molecule has 0 amide bonds. The maximum atomic E-state index is 2.50. The molecule has 0 atom stereocenters. The Morgan fingerprint density at radius 2 is 1.59 bits per heavy atom. The Hall–Kier alpha value is -2.12. The summed E-state index contributed by atoms with van der Waals surface area (Å²) in [5.74, 6) is 0. The van der Waals surface area contributed by atoms with Gasteiger partial charge in [-0.3, -0.25) is 0 Å². The predicted octanol–water partition coefficient (Wildman–Crippen LogP) is 4.77. The van der Waals surface area contributed by atoms with Gasteiger partial charge < -0.3 is 0 Å². The highest BCUT2D eigenvalue weighted by Gasteiger charge is 2.47. The van der Waals surface area contributed by atoms with Gasteiger partial charge in [-0.05, 0) is 49.8 Å². The molecule has 106 valence electrons. The van der Waals surface area contributed by atoms with Gasteiger partial charge in [-0.15, -0.1) is 0 Å². The number of hydrogen-bond acceptors (Lipinski definition) is 0. The van der Waals surface area contributed by atoms with E-state index in [1.807, 2.05) is 0 Å². The van der Waals surface area contributed by atoms with Crippen molar-refractivity contribution in [3.05, 3.63) is 77.4 Å². The molecule has 0 N–H and O–H groups in total. The average molecular weight is 298 g/mol. The SMILES string of the molecule is C[Si]1(C)C2=C(c3cccc4ccccc34)Cc3cccc1c32. The lowest BCUT2D eigenvalue weighted by Gasteiger charge is -2.39. The fraction of sp³-hybridized carbons (Fsp3) is 0.143. The van der Waals surface area contributed by atoms with Crippen molar-refractivity contribution in [2.24, 2.45) is 0 Å². The van der Waals surface area contributed by atoms with E-state index in [0.29, 0.717) is 0 Å². The molecule has 3 aromatic rings. The van der Waals surface area contributed by atoms with Crippen LogP contribution in [0.4, 0.5) is 0 Å². The van der Waals surface area contributed by atoms with E-state index in [0.717, 1.165) is 6.42 Å². The highest BCUT2D eigenvalue weighted by molar-refractivity contribution is 7.11. The van der Waals surface area contributed by atoms with Gasteiger partial charge in [0, 0.05) is 0 Å². The van der Waals surface area contributed by atoms with Crippen molar-refractivity contribution in [2.45, 2.75) is 19.5 Å².